The van der Waals surface area contributed by atoms with Gasteiger partial charge in [-0.2, -0.15) is 0 Å². The molecule has 0 aliphatic carbocycles. The number of nitrogens with one attached hydrogen (secondary N) is 1. The first kappa shape index (κ1) is 18.5. The Labute approximate surface area is 146 Å². The predicted molar refractivity (Wildman–Crippen MR) is 93.4 cm³/mol. The molecule has 0 aliphatic heterocycles. The third kappa shape index (κ3) is 4.17. The standard InChI is InChI=1S/C16H19ClN2O4S/c1-11-4-5-13(17)9-15(11)24(21,22)18-6-7-19-12(2)8-14(23-3)10-16(19)20/h4-5,8-10,18H,6-7H2,1-3H3. The lowest BCUT2D eigenvalue weighted by molar-refractivity contribution is 0.411. The quantitative estimate of drug-likeness (QED) is 0.844. The number of rotatable bonds is 6. The second-order valence-electron chi connectivity index (χ2n) is 5.33. The van der Waals surface area contributed by atoms with Crippen molar-refractivity contribution in [3.63, 3.8) is 0 Å². The van der Waals surface area contributed by atoms with Gasteiger partial charge in [-0.05, 0) is 37.6 Å². The number of hydrogen-bond donors (Lipinski definition) is 1. The number of hydrogen-bond acceptors (Lipinski definition) is 4. The van der Waals surface area contributed by atoms with Gasteiger partial charge in [0, 0.05) is 29.9 Å². The van der Waals surface area contributed by atoms with E-state index in [1.165, 1.54) is 23.8 Å². The Bertz CT molecular complexity index is 907. The van der Waals surface area contributed by atoms with Gasteiger partial charge < -0.3 is 9.30 Å². The van der Waals surface area contributed by atoms with Gasteiger partial charge >= 0.3 is 0 Å². The van der Waals surface area contributed by atoms with Crippen LogP contribution in [0.15, 0.2) is 40.0 Å². The van der Waals surface area contributed by atoms with Crippen molar-refractivity contribution < 1.29 is 13.2 Å². The molecule has 1 aromatic heterocycles. The van der Waals surface area contributed by atoms with E-state index < -0.39 is 10.0 Å². The molecule has 2 aromatic rings. The molecule has 0 bridgehead atoms. The van der Waals surface area contributed by atoms with E-state index in [0.29, 0.717) is 22.0 Å². The summed E-state index contributed by atoms with van der Waals surface area (Å²) in [6.45, 7) is 3.76. The number of aryl methyl sites for hydroxylation is 2. The fourth-order valence-electron chi connectivity index (χ4n) is 2.34. The van der Waals surface area contributed by atoms with Gasteiger partial charge in [-0.15, -0.1) is 0 Å². The zero-order valence-corrected chi connectivity index (χ0v) is 15.2. The highest BCUT2D eigenvalue weighted by Crippen LogP contribution is 2.19. The molecule has 0 atom stereocenters. The number of aromatic nitrogens is 1. The zero-order chi connectivity index (χ0) is 17.9. The van der Waals surface area contributed by atoms with Crippen molar-refractivity contribution in [2.45, 2.75) is 25.3 Å². The van der Waals surface area contributed by atoms with E-state index in [1.54, 1.807) is 32.0 Å². The van der Waals surface area contributed by atoms with Gasteiger partial charge in [0.1, 0.15) is 5.75 Å². The van der Waals surface area contributed by atoms with Crippen LogP contribution in [0.2, 0.25) is 5.02 Å². The summed E-state index contributed by atoms with van der Waals surface area (Å²) < 4.78 is 33.8. The minimum Gasteiger partial charge on any atom is -0.496 e. The lowest BCUT2D eigenvalue weighted by Gasteiger charge is -2.13. The second-order valence-corrected chi connectivity index (χ2v) is 7.51. The van der Waals surface area contributed by atoms with Gasteiger partial charge in [0.25, 0.3) is 5.56 Å². The topological polar surface area (TPSA) is 77.4 Å². The molecule has 0 fully saturated rings. The normalized spacial score (nSPS) is 11.5. The van der Waals surface area contributed by atoms with Crippen LogP contribution < -0.4 is 15.0 Å². The number of methoxy groups -OCH3 is 1. The SMILES string of the molecule is COc1cc(C)n(CCNS(=O)(=O)c2cc(Cl)ccc2C)c(=O)c1. The summed E-state index contributed by atoms with van der Waals surface area (Å²) in [7, 11) is -2.21. The molecule has 0 aliphatic rings. The van der Waals surface area contributed by atoms with Crippen molar-refractivity contribution in [3.05, 3.63) is 57.0 Å². The Morgan fingerprint density at radius 2 is 1.92 bits per heavy atom. The van der Waals surface area contributed by atoms with Crippen LogP contribution in [0.3, 0.4) is 0 Å². The number of pyridine rings is 1. The van der Waals surface area contributed by atoms with E-state index in [2.05, 4.69) is 4.72 Å². The average molecular weight is 371 g/mol. The van der Waals surface area contributed by atoms with Crippen molar-refractivity contribution in [2.24, 2.45) is 0 Å². The molecule has 8 heteroatoms. The third-order valence-corrected chi connectivity index (χ3v) is 5.45. The Balaban J connectivity index is 2.14. The van der Waals surface area contributed by atoms with E-state index in [4.69, 9.17) is 16.3 Å². The Morgan fingerprint density at radius 1 is 1.21 bits per heavy atom. The average Bonchev–Trinajstić information content (AvgIpc) is 2.51. The van der Waals surface area contributed by atoms with E-state index in [9.17, 15) is 13.2 Å². The fraction of sp³-hybridized carbons (Fsp3) is 0.312. The van der Waals surface area contributed by atoms with Gasteiger partial charge in [0.2, 0.25) is 10.0 Å². The zero-order valence-electron chi connectivity index (χ0n) is 13.7. The molecule has 24 heavy (non-hydrogen) atoms. The lowest BCUT2D eigenvalue weighted by atomic mass is 10.2. The Morgan fingerprint density at radius 3 is 2.54 bits per heavy atom. The van der Waals surface area contributed by atoms with Crippen molar-refractivity contribution in [2.75, 3.05) is 13.7 Å². The molecule has 0 amide bonds. The summed E-state index contributed by atoms with van der Waals surface area (Å²) in [5, 5.41) is 0.350. The number of benzene rings is 1. The Hall–Kier alpha value is -1.83. The number of nitrogens with zero attached hydrogens (tertiary/aromatic N) is 1. The molecule has 0 saturated carbocycles. The number of sulfonamides is 1. The summed E-state index contributed by atoms with van der Waals surface area (Å²) in [5.41, 5.74) is 1.05. The van der Waals surface area contributed by atoms with Crippen molar-refractivity contribution in [3.8, 4) is 5.75 Å². The van der Waals surface area contributed by atoms with Crippen molar-refractivity contribution in [1.29, 1.82) is 0 Å². The van der Waals surface area contributed by atoms with Crippen LogP contribution in [0.25, 0.3) is 0 Å². The molecule has 6 nitrogen and oxygen atoms in total. The van der Waals surface area contributed by atoms with Crippen LogP contribution >= 0.6 is 11.6 Å². The van der Waals surface area contributed by atoms with E-state index in [0.717, 1.165) is 0 Å². The van der Waals surface area contributed by atoms with Crippen LogP contribution in [0.1, 0.15) is 11.3 Å². The van der Waals surface area contributed by atoms with Crippen LogP contribution in [-0.4, -0.2) is 26.6 Å². The predicted octanol–water partition coefficient (Wildman–Crippen LogP) is 2.11. The molecular weight excluding hydrogens is 352 g/mol. The molecular formula is C16H19ClN2O4S. The summed E-state index contributed by atoms with van der Waals surface area (Å²) in [5.74, 6) is 0.476. The van der Waals surface area contributed by atoms with Crippen LogP contribution in [0.5, 0.6) is 5.75 Å². The van der Waals surface area contributed by atoms with Gasteiger partial charge in [-0.3, -0.25) is 4.79 Å². The highest BCUT2D eigenvalue weighted by atomic mass is 35.5. The molecule has 0 saturated heterocycles. The smallest absolute Gasteiger partial charge is 0.254 e. The minimum atomic E-state index is -3.70. The summed E-state index contributed by atoms with van der Waals surface area (Å²) >= 11 is 5.87. The fourth-order valence-corrected chi connectivity index (χ4v) is 3.86. The van der Waals surface area contributed by atoms with Gasteiger partial charge in [-0.25, -0.2) is 13.1 Å². The molecule has 130 valence electrons. The molecule has 2 rings (SSSR count). The van der Waals surface area contributed by atoms with Crippen LogP contribution in [0.4, 0.5) is 0 Å². The molecule has 1 aromatic carbocycles. The Kier molecular flexibility index (Phi) is 5.69. The second kappa shape index (κ2) is 7.38. The summed E-state index contributed by atoms with van der Waals surface area (Å²) in [6.07, 6.45) is 0. The minimum absolute atomic E-state index is 0.0847. The van der Waals surface area contributed by atoms with E-state index >= 15 is 0 Å². The number of halogens is 1. The third-order valence-electron chi connectivity index (χ3n) is 3.61. The van der Waals surface area contributed by atoms with Gasteiger partial charge in [0.05, 0.1) is 12.0 Å². The maximum atomic E-state index is 12.4. The van der Waals surface area contributed by atoms with Crippen molar-refractivity contribution in [1.82, 2.24) is 9.29 Å². The first-order valence-corrected chi connectivity index (χ1v) is 9.12. The maximum absolute atomic E-state index is 12.4. The molecule has 1 N–H and O–H groups in total. The van der Waals surface area contributed by atoms with Crippen LogP contribution in [-0.2, 0) is 16.6 Å². The monoisotopic (exact) mass is 370 g/mol. The molecule has 0 spiro atoms. The first-order chi connectivity index (χ1) is 11.2. The lowest BCUT2D eigenvalue weighted by Crippen LogP contribution is -2.32. The molecule has 1 heterocycles. The highest BCUT2D eigenvalue weighted by molar-refractivity contribution is 7.89. The van der Waals surface area contributed by atoms with Crippen molar-refractivity contribution >= 4 is 21.6 Å². The van der Waals surface area contributed by atoms with E-state index in [-0.39, 0.29) is 23.5 Å². The molecule has 0 radical (unpaired) electrons. The van der Waals surface area contributed by atoms with Crippen LogP contribution in [0, 0.1) is 13.8 Å². The highest BCUT2D eigenvalue weighted by Gasteiger charge is 2.17. The first-order valence-electron chi connectivity index (χ1n) is 7.26. The van der Waals surface area contributed by atoms with E-state index in [1.807, 2.05) is 0 Å². The largest absolute Gasteiger partial charge is 0.496 e. The van der Waals surface area contributed by atoms with Gasteiger partial charge in [0.15, 0.2) is 0 Å². The summed E-state index contributed by atoms with van der Waals surface area (Å²) in [4.78, 5) is 12.2. The summed E-state index contributed by atoms with van der Waals surface area (Å²) in [6, 6.07) is 7.77. The number of ether oxygens (including phenoxy) is 1. The maximum Gasteiger partial charge on any atom is 0.254 e. The molecule has 0 unspecified atom stereocenters. The van der Waals surface area contributed by atoms with Gasteiger partial charge in [-0.1, -0.05) is 17.7 Å².